The molecule has 2 aromatic carbocycles. The van der Waals surface area contributed by atoms with E-state index in [9.17, 15) is 10.1 Å². The lowest BCUT2D eigenvalue weighted by Gasteiger charge is -2.37. The summed E-state index contributed by atoms with van der Waals surface area (Å²) in [5.74, 6) is 1.95. The van der Waals surface area contributed by atoms with E-state index in [1.54, 1.807) is 21.1 Å². The molecule has 2 heterocycles. The number of aryl methyl sites for hydroxylation is 1. The van der Waals surface area contributed by atoms with Gasteiger partial charge in [-0.05, 0) is 49.1 Å². The number of benzene rings is 2. The van der Waals surface area contributed by atoms with Crippen LogP contribution in [0.3, 0.4) is 0 Å². The summed E-state index contributed by atoms with van der Waals surface area (Å²) in [5, 5.41) is 12.2. The summed E-state index contributed by atoms with van der Waals surface area (Å²) in [6.07, 6.45) is 0.773. The third-order valence-electron chi connectivity index (χ3n) is 6.19. The van der Waals surface area contributed by atoms with Crippen LogP contribution < -0.4 is 14.8 Å². The van der Waals surface area contributed by atoms with Gasteiger partial charge in [-0.1, -0.05) is 30.3 Å². The van der Waals surface area contributed by atoms with Crippen molar-refractivity contribution in [3.05, 3.63) is 76.0 Å². The molecular weight excluding hydrogens is 418 g/mol. The Morgan fingerprint density at radius 3 is 2.55 bits per heavy atom. The summed E-state index contributed by atoms with van der Waals surface area (Å²) in [7, 11) is 3.25. The van der Waals surface area contributed by atoms with E-state index in [-0.39, 0.29) is 24.4 Å². The molecule has 1 aromatic heterocycles. The summed E-state index contributed by atoms with van der Waals surface area (Å²) >= 11 is 0. The van der Waals surface area contributed by atoms with Gasteiger partial charge in [0.1, 0.15) is 17.4 Å². The van der Waals surface area contributed by atoms with Crippen molar-refractivity contribution in [2.75, 3.05) is 32.6 Å². The number of furan rings is 1. The number of fused-ring (bicyclic) bond motifs is 1. The van der Waals surface area contributed by atoms with Crippen molar-refractivity contribution < 1.29 is 18.7 Å². The van der Waals surface area contributed by atoms with Gasteiger partial charge in [-0.3, -0.25) is 15.0 Å². The second-order valence-electron chi connectivity index (χ2n) is 8.09. The first-order chi connectivity index (χ1) is 16.0. The topological polar surface area (TPSA) is 87.7 Å². The number of nitrogens with zero attached hydrogens (tertiary/aromatic N) is 2. The monoisotopic (exact) mass is 445 g/mol. The zero-order valence-corrected chi connectivity index (χ0v) is 19.3. The minimum Gasteiger partial charge on any atom is -0.493 e. The number of carbonyl (C=O) groups excluding carboxylic acids is 1. The Balaban J connectivity index is 1.66. The first-order valence-corrected chi connectivity index (χ1v) is 10.8. The maximum absolute atomic E-state index is 13.0. The van der Waals surface area contributed by atoms with E-state index >= 15 is 0 Å². The third-order valence-corrected chi connectivity index (χ3v) is 6.19. The summed E-state index contributed by atoms with van der Waals surface area (Å²) < 4.78 is 16.7. The van der Waals surface area contributed by atoms with Gasteiger partial charge in [0.25, 0.3) is 0 Å². The summed E-state index contributed by atoms with van der Waals surface area (Å²) in [4.78, 5) is 15.1. The Morgan fingerprint density at radius 1 is 1.18 bits per heavy atom. The standard InChI is InChI=1S/C26H27N3O4/c1-16-17(2)33-26(21(16)14-27)28-24(30)15-29-11-10-19-12-22(31-3)23(32-4)13-20(19)25(29)18-8-6-5-7-9-18/h5-9,12-13,25H,10-11,15H2,1-4H3,(H,28,30). The van der Waals surface area contributed by atoms with E-state index in [0.29, 0.717) is 29.4 Å². The predicted molar refractivity (Wildman–Crippen MR) is 125 cm³/mol. The molecule has 4 rings (SSSR count). The van der Waals surface area contributed by atoms with Crippen LogP contribution in [0.4, 0.5) is 5.88 Å². The van der Waals surface area contributed by atoms with Crippen LogP contribution >= 0.6 is 0 Å². The Morgan fingerprint density at radius 2 is 1.88 bits per heavy atom. The number of hydrogen-bond acceptors (Lipinski definition) is 6. The molecule has 1 aliphatic heterocycles. The van der Waals surface area contributed by atoms with E-state index in [1.165, 1.54) is 5.56 Å². The van der Waals surface area contributed by atoms with Crippen molar-refractivity contribution >= 4 is 11.8 Å². The normalized spacial score (nSPS) is 15.4. The first-order valence-electron chi connectivity index (χ1n) is 10.8. The highest BCUT2D eigenvalue weighted by molar-refractivity contribution is 5.92. The molecule has 170 valence electrons. The maximum atomic E-state index is 13.0. The molecule has 1 amide bonds. The molecule has 0 saturated carbocycles. The predicted octanol–water partition coefficient (Wildman–Crippen LogP) is 4.37. The Labute approximate surface area is 193 Å². The molecule has 0 saturated heterocycles. The second-order valence-corrected chi connectivity index (χ2v) is 8.09. The van der Waals surface area contributed by atoms with Gasteiger partial charge in [0.05, 0.1) is 26.8 Å². The fraction of sp³-hybridized carbons (Fsp3) is 0.308. The van der Waals surface area contributed by atoms with Crippen LogP contribution in [-0.2, 0) is 11.2 Å². The zero-order valence-electron chi connectivity index (χ0n) is 19.3. The molecule has 0 aliphatic carbocycles. The second kappa shape index (κ2) is 9.39. The van der Waals surface area contributed by atoms with Crippen molar-refractivity contribution in [3.63, 3.8) is 0 Å². The average Bonchev–Trinajstić information content (AvgIpc) is 3.10. The summed E-state index contributed by atoms with van der Waals surface area (Å²) in [6.45, 7) is 4.43. The molecule has 7 nitrogen and oxygen atoms in total. The highest BCUT2D eigenvalue weighted by Crippen LogP contribution is 2.41. The number of ether oxygens (including phenoxy) is 2. The molecule has 1 N–H and O–H groups in total. The van der Waals surface area contributed by atoms with Crippen LogP contribution in [0.1, 0.15) is 39.6 Å². The highest BCUT2D eigenvalue weighted by atomic mass is 16.5. The fourth-order valence-electron chi connectivity index (χ4n) is 4.39. The molecule has 33 heavy (non-hydrogen) atoms. The molecule has 7 heteroatoms. The van der Waals surface area contributed by atoms with Gasteiger partial charge in [-0.25, -0.2) is 0 Å². The van der Waals surface area contributed by atoms with E-state index in [0.717, 1.165) is 23.1 Å². The lowest BCUT2D eigenvalue weighted by molar-refractivity contribution is -0.117. The van der Waals surface area contributed by atoms with Crippen molar-refractivity contribution in [1.29, 1.82) is 5.26 Å². The minimum absolute atomic E-state index is 0.129. The SMILES string of the molecule is COc1cc2c(cc1OC)C(c1ccccc1)N(CC(=O)Nc1oc(C)c(C)c1C#N)CC2. The van der Waals surface area contributed by atoms with Gasteiger partial charge in [-0.2, -0.15) is 5.26 Å². The van der Waals surface area contributed by atoms with E-state index < -0.39 is 0 Å². The number of nitriles is 1. The molecule has 1 atom stereocenters. The van der Waals surface area contributed by atoms with Gasteiger partial charge in [0.15, 0.2) is 11.5 Å². The van der Waals surface area contributed by atoms with Crippen LogP contribution in [0.5, 0.6) is 11.5 Å². The molecule has 0 radical (unpaired) electrons. The molecule has 0 spiro atoms. The quantitative estimate of drug-likeness (QED) is 0.606. The van der Waals surface area contributed by atoms with Crippen LogP contribution in [0.2, 0.25) is 0 Å². The average molecular weight is 446 g/mol. The smallest absolute Gasteiger partial charge is 0.240 e. The lowest BCUT2D eigenvalue weighted by Crippen LogP contribution is -2.41. The zero-order chi connectivity index (χ0) is 23.5. The minimum atomic E-state index is -0.231. The van der Waals surface area contributed by atoms with Gasteiger partial charge in [-0.15, -0.1) is 0 Å². The van der Waals surface area contributed by atoms with Crippen LogP contribution in [-0.4, -0.2) is 38.1 Å². The number of anilines is 1. The molecule has 0 fully saturated rings. The molecule has 3 aromatic rings. The van der Waals surface area contributed by atoms with Crippen LogP contribution in [0.15, 0.2) is 46.9 Å². The number of hydrogen-bond donors (Lipinski definition) is 1. The van der Waals surface area contributed by atoms with Gasteiger partial charge in [0.2, 0.25) is 11.8 Å². The van der Waals surface area contributed by atoms with Crippen molar-refractivity contribution in [1.82, 2.24) is 4.90 Å². The number of nitrogens with one attached hydrogen (secondary N) is 1. The number of carbonyl (C=O) groups is 1. The van der Waals surface area contributed by atoms with Crippen molar-refractivity contribution in [2.45, 2.75) is 26.3 Å². The number of amides is 1. The summed E-state index contributed by atoms with van der Waals surface area (Å²) in [5.41, 5.74) is 4.44. The molecule has 1 aliphatic rings. The van der Waals surface area contributed by atoms with E-state index in [4.69, 9.17) is 13.9 Å². The third kappa shape index (κ3) is 4.30. The highest BCUT2D eigenvalue weighted by Gasteiger charge is 2.32. The molecule has 1 unspecified atom stereocenters. The lowest BCUT2D eigenvalue weighted by atomic mass is 9.87. The Hall–Kier alpha value is -3.76. The fourth-order valence-corrected chi connectivity index (χ4v) is 4.39. The Kier molecular flexibility index (Phi) is 6.38. The van der Waals surface area contributed by atoms with Gasteiger partial charge in [0, 0.05) is 12.1 Å². The van der Waals surface area contributed by atoms with Crippen molar-refractivity contribution in [3.8, 4) is 17.6 Å². The number of methoxy groups -OCH3 is 2. The van der Waals surface area contributed by atoms with Gasteiger partial charge >= 0.3 is 0 Å². The molecule has 0 bridgehead atoms. The maximum Gasteiger partial charge on any atom is 0.240 e. The molecular formula is C26H27N3O4. The first kappa shape index (κ1) is 22.4. The van der Waals surface area contributed by atoms with E-state index in [1.807, 2.05) is 37.3 Å². The van der Waals surface area contributed by atoms with Crippen LogP contribution in [0, 0.1) is 25.2 Å². The Bertz CT molecular complexity index is 1210. The van der Waals surface area contributed by atoms with E-state index in [2.05, 4.69) is 28.4 Å². The van der Waals surface area contributed by atoms with Crippen molar-refractivity contribution in [2.24, 2.45) is 0 Å². The summed E-state index contributed by atoms with van der Waals surface area (Å²) in [6, 6.07) is 16.1. The van der Waals surface area contributed by atoms with Crippen LogP contribution in [0.25, 0.3) is 0 Å². The number of rotatable bonds is 6. The largest absolute Gasteiger partial charge is 0.493 e. The van der Waals surface area contributed by atoms with Gasteiger partial charge < -0.3 is 13.9 Å².